The first kappa shape index (κ1) is 10.2. The van der Waals surface area contributed by atoms with Gasteiger partial charge in [0.2, 0.25) is 0 Å². The topological polar surface area (TPSA) is 26.0 Å². The van der Waals surface area contributed by atoms with Gasteiger partial charge in [0.05, 0.1) is 0 Å². The number of hydrogen-bond acceptors (Lipinski definition) is 1. The summed E-state index contributed by atoms with van der Waals surface area (Å²) in [5.74, 6) is 0.486. The van der Waals surface area contributed by atoms with Crippen molar-refractivity contribution in [2.24, 2.45) is 5.73 Å². The van der Waals surface area contributed by atoms with E-state index in [-0.39, 0.29) is 0 Å². The second-order valence-electron chi connectivity index (χ2n) is 4.12. The summed E-state index contributed by atoms with van der Waals surface area (Å²) in [6.07, 6.45) is 3.78. The zero-order valence-corrected chi connectivity index (χ0v) is 10.1. The summed E-state index contributed by atoms with van der Waals surface area (Å²) in [6, 6.07) is 4.50. The van der Waals surface area contributed by atoms with Crippen LogP contribution in [-0.2, 0) is 12.8 Å². The minimum atomic E-state index is 0.486. The van der Waals surface area contributed by atoms with Crippen molar-refractivity contribution in [3.05, 3.63) is 33.3 Å². The van der Waals surface area contributed by atoms with E-state index in [9.17, 15) is 0 Å². The highest BCUT2D eigenvalue weighted by atomic mass is 79.9. The van der Waals surface area contributed by atoms with Gasteiger partial charge in [-0.25, -0.2) is 0 Å². The lowest BCUT2D eigenvalue weighted by molar-refractivity contribution is 0.761. The highest BCUT2D eigenvalue weighted by Gasteiger charge is 2.18. The summed E-state index contributed by atoms with van der Waals surface area (Å²) in [4.78, 5) is 0. The fourth-order valence-corrected chi connectivity index (χ4v) is 2.79. The summed E-state index contributed by atoms with van der Waals surface area (Å²) in [7, 11) is 0. The van der Waals surface area contributed by atoms with Crippen LogP contribution in [0, 0.1) is 0 Å². The quantitative estimate of drug-likeness (QED) is 0.862. The van der Waals surface area contributed by atoms with Crippen LogP contribution in [0.3, 0.4) is 0 Å². The van der Waals surface area contributed by atoms with Crippen molar-refractivity contribution in [1.82, 2.24) is 0 Å². The first-order valence-corrected chi connectivity index (χ1v) is 6.03. The third-order valence-corrected chi connectivity index (χ3v) is 3.56. The standard InChI is InChI=1S/C12H16BrN/c1-8(7-14)12-6-10(13)5-9-3-2-4-11(9)12/h5-6,8H,2-4,7,14H2,1H3. The van der Waals surface area contributed by atoms with E-state index in [0.717, 1.165) is 6.54 Å². The molecule has 0 heterocycles. The van der Waals surface area contributed by atoms with Crippen molar-refractivity contribution in [2.75, 3.05) is 6.54 Å². The Morgan fingerprint density at radius 1 is 1.43 bits per heavy atom. The molecule has 1 aromatic carbocycles. The Hall–Kier alpha value is -0.340. The Bertz CT molecular complexity index is 346. The molecule has 1 atom stereocenters. The normalized spacial score (nSPS) is 16.8. The van der Waals surface area contributed by atoms with Gasteiger partial charge >= 0.3 is 0 Å². The maximum atomic E-state index is 5.73. The molecule has 0 saturated carbocycles. The van der Waals surface area contributed by atoms with Crippen molar-refractivity contribution in [3.8, 4) is 0 Å². The van der Waals surface area contributed by atoms with Crippen LogP contribution < -0.4 is 5.73 Å². The average Bonchev–Trinajstić information content (AvgIpc) is 2.62. The average molecular weight is 254 g/mol. The summed E-state index contributed by atoms with van der Waals surface area (Å²) in [6.45, 7) is 2.95. The van der Waals surface area contributed by atoms with Gasteiger partial charge in [-0.3, -0.25) is 0 Å². The SMILES string of the molecule is CC(CN)c1cc(Br)cc2c1CCC2. The highest BCUT2D eigenvalue weighted by Crippen LogP contribution is 2.32. The zero-order valence-electron chi connectivity index (χ0n) is 8.52. The molecule has 0 radical (unpaired) electrons. The summed E-state index contributed by atoms with van der Waals surface area (Å²) in [5.41, 5.74) is 10.3. The maximum absolute atomic E-state index is 5.73. The number of fused-ring (bicyclic) bond motifs is 1. The molecule has 0 saturated heterocycles. The maximum Gasteiger partial charge on any atom is 0.0181 e. The van der Waals surface area contributed by atoms with Gasteiger partial charge < -0.3 is 5.73 Å². The molecule has 2 N–H and O–H groups in total. The molecule has 1 aliphatic rings. The van der Waals surface area contributed by atoms with Gasteiger partial charge in [0, 0.05) is 4.47 Å². The van der Waals surface area contributed by atoms with Crippen LogP contribution >= 0.6 is 15.9 Å². The van der Waals surface area contributed by atoms with E-state index in [2.05, 4.69) is 35.0 Å². The molecule has 14 heavy (non-hydrogen) atoms. The van der Waals surface area contributed by atoms with Crippen LogP contribution in [0.5, 0.6) is 0 Å². The Balaban J connectivity index is 2.48. The van der Waals surface area contributed by atoms with E-state index in [0.29, 0.717) is 5.92 Å². The van der Waals surface area contributed by atoms with E-state index >= 15 is 0 Å². The molecular weight excluding hydrogens is 238 g/mol. The predicted octanol–water partition coefficient (Wildman–Crippen LogP) is 3.00. The van der Waals surface area contributed by atoms with Gasteiger partial charge in [-0.05, 0) is 60.5 Å². The van der Waals surface area contributed by atoms with Gasteiger partial charge in [-0.2, -0.15) is 0 Å². The molecule has 1 aromatic rings. The first-order valence-electron chi connectivity index (χ1n) is 5.23. The summed E-state index contributed by atoms with van der Waals surface area (Å²) < 4.78 is 1.20. The Kier molecular flexibility index (Phi) is 2.93. The number of hydrogen-bond donors (Lipinski definition) is 1. The van der Waals surface area contributed by atoms with Crippen molar-refractivity contribution in [2.45, 2.75) is 32.1 Å². The van der Waals surface area contributed by atoms with Gasteiger partial charge in [0.1, 0.15) is 0 Å². The second-order valence-corrected chi connectivity index (χ2v) is 5.04. The molecule has 0 spiro atoms. The van der Waals surface area contributed by atoms with E-state index in [1.807, 2.05) is 0 Å². The molecular formula is C12H16BrN. The number of nitrogens with two attached hydrogens (primary N) is 1. The summed E-state index contributed by atoms with van der Waals surface area (Å²) >= 11 is 3.57. The fraction of sp³-hybridized carbons (Fsp3) is 0.500. The molecule has 1 aliphatic carbocycles. The van der Waals surface area contributed by atoms with Crippen molar-refractivity contribution in [1.29, 1.82) is 0 Å². The van der Waals surface area contributed by atoms with Crippen LogP contribution in [0.25, 0.3) is 0 Å². The fourth-order valence-electron chi connectivity index (χ4n) is 2.27. The predicted molar refractivity (Wildman–Crippen MR) is 63.6 cm³/mol. The lowest BCUT2D eigenvalue weighted by atomic mass is 9.93. The number of halogens is 1. The molecule has 0 amide bonds. The first-order chi connectivity index (χ1) is 6.72. The van der Waals surface area contributed by atoms with E-state index < -0.39 is 0 Å². The molecule has 0 aliphatic heterocycles. The largest absolute Gasteiger partial charge is 0.330 e. The van der Waals surface area contributed by atoms with Crippen LogP contribution in [0.15, 0.2) is 16.6 Å². The third kappa shape index (κ3) is 1.73. The molecule has 1 nitrogen and oxygen atoms in total. The van der Waals surface area contributed by atoms with Crippen LogP contribution in [-0.4, -0.2) is 6.54 Å². The van der Waals surface area contributed by atoms with Gasteiger partial charge in [0.25, 0.3) is 0 Å². The van der Waals surface area contributed by atoms with Crippen LogP contribution in [0.2, 0.25) is 0 Å². The van der Waals surface area contributed by atoms with Crippen LogP contribution in [0.1, 0.15) is 36.0 Å². The minimum absolute atomic E-state index is 0.486. The van der Waals surface area contributed by atoms with Gasteiger partial charge in [0.15, 0.2) is 0 Å². The molecule has 2 rings (SSSR count). The van der Waals surface area contributed by atoms with E-state index in [4.69, 9.17) is 5.73 Å². The second kappa shape index (κ2) is 4.03. The third-order valence-electron chi connectivity index (χ3n) is 3.10. The minimum Gasteiger partial charge on any atom is -0.330 e. The molecule has 0 bridgehead atoms. The smallest absolute Gasteiger partial charge is 0.0181 e. The molecule has 76 valence electrons. The zero-order chi connectivity index (χ0) is 10.1. The van der Waals surface area contributed by atoms with Crippen molar-refractivity contribution < 1.29 is 0 Å². The van der Waals surface area contributed by atoms with Crippen LogP contribution in [0.4, 0.5) is 0 Å². The Morgan fingerprint density at radius 2 is 2.21 bits per heavy atom. The molecule has 2 heteroatoms. The Labute approximate surface area is 93.8 Å². The van der Waals surface area contributed by atoms with E-state index in [1.54, 1.807) is 5.56 Å². The highest BCUT2D eigenvalue weighted by molar-refractivity contribution is 9.10. The molecule has 1 unspecified atom stereocenters. The number of rotatable bonds is 2. The molecule has 0 fully saturated rings. The lowest BCUT2D eigenvalue weighted by Crippen LogP contribution is -2.11. The number of aryl methyl sites for hydroxylation is 1. The van der Waals surface area contributed by atoms with E-state index in [1.165, 1.54) is 34.9 Å². The Morgan fingerprint density at radius 3 is 2.93 bits per heavy atom. The van der Waals surface area contributed by atoms with Crippen molar-refractivity contribution >= 4 is 15.9 Å². The summed E-state index contributed by atoms with van der Waals surface area (Å²) in [5, 5.41) is 0. The molecule has 0 aromatic heterocycles. The number of benzene rings is 1. The van der Waals surface area contributed by atoms with Gasteiger partial charge in [-0.15, -0.1) is 0 Å². The van der Waals surface area contributed by atoms with Gasteiger partial charge in [-0.1, -0.05) is 22.9 Å². The monoisotopic (exact) mass is 253 g/mol. The van der Waals surface area contributed by atoms with Crippen molar-refractivity contribution in [3.63, 3.8) is 0 Å². The lowest BCUT2D eigenvalue weighted by Gasteiger charge is -2.15.